The number of furan rings is 1. The average Bonchev–Trinajstić information content (AvgIpc) is 3.23. The van der Waals surface area contributed by atoms with E-state index in [1.807, 2.05) is 30.5 Å². The Balaban J connectivity index is 1.75. The summed E-state index contributed by atoms with van der Waals surface area (Å²) in [7, 11) is 0. The zero-order valence-electron chi connectivity index (χ0n) is 13.5. The molecule has 3 aromatic rings. The number of esters is 1. The van der Waals surface area contributed by atoms with Crippen LogP contribution in [0.15, 0.2) is 34.1 Å². The minimum atomic E-state index is -0.421. The van der Waals surface area contributed by atoms with E-state index in [0.717, 1.165) is 16.0 Å². The molecule has 0 fully saturated rings. The van der Waals surface area contributed by atoms with Crippen molar-refractivity contribution in [2.75, 3.05) is 6.61 Å². The molecule has 0 aliphatic carbocycles. The third-order valence-corrected chi connectivity index (χ3v) is 4.50. The van der Waals surface area contributed by atoms with Crippen molar-refractivity contribution in [3.63, 3.8) is 0 Å². The lowest BCUT2D eigenvalue weighted by molar-refractivity contribution is -0.121. The lowest BCUT2D eigenvalue weighted by atomic mass is 10.3. The zero-order chi connectivity index (χ0) is 17.1. The summed E-state index contributed by atoms with van der Waals surface area (Å²) in [5.74, 6) is 0.880. The fourth-order valence-electron chi connectivity index (χ4n) is 2.47. The van der Waals surface area contributed by atoms with E-state index in [-0.39, 0.29) is 12.5 Å². The Morgan fingerprint density at radius 3 is 2.88 bits per heavy atom. The highest BCUT2D eigenvalue weighted by Crippen LogP contribution is 2.25. The monoisotopic (exact) mass is 346 g/mol. The first-order chi connectivity index (χ1) is 11.6. The number of ether oxygens (including phenoxy) is 1. The largest absolute Gasteiger partial charge is 0.465 e. The van der Waals surface area contributed by atoms with Gasteiger partial charge in [0.05, 0.1) is 13.2 Å². The van der Waals surface area contributed by atoms with E-state index in [0.29, 0.717) is 24.6 Å². The highest BCUT2D eigenvalue weighted by Gasteiger charge is 2.19. The molecule has 1 N–H and O–H groups in total. The van der Waals surface area contributed by atoms with Crippen molar-refractivity contribution in [2.24, 2.45) is 0 Å². The first kappa shape index (κ1) is 16.3. The van der Waals surface area contributed by atoms with Gasteiger partial charge in [-0.25, -0.2) is 4.79 Å². The number of hydrogen-bond donors (Lipinski definition) is 1. The molecule has 0 atom stereocenters. The van der Waals surface area contributed by atoms with Gasteiger partial charge in [-0.1, -0.05) is 0 Å². The number of thiophene rings is 1. The van der Waals surface area contributed by atoms with Crippen molar-refractivity contribution in [3.05, 3.63) is 46.9 Å². The van der Waals surface area contributed by atoms with E-state index >= 15 is 0 Å². The number of hydrogen-bond acceptors (Lipinski definition) is 5. The molecule has 1 amide bonds. The number of nitrogens with one attached hydrogen (secondary N) is 1. The van der Waals surface area contributed by atoms with E-state index in [1.165, 1.54) is 11.3 Å². The third-order valence-electron chi connectivity index (χ3n) is 3.54. The second kappa shape index (κ2) is 6.92. The first-order valence-electron chi connectivity index (χ1n) is 7.64. The van der Waals surface area contributed by atoms with Crippen molar-refractivity contribution in [3.8, 4) is 0 Å². The summed E-state index contributed by atoms with van der Waals surface area (Å²) in [5.41, 5.74) is 0.391. The fourth-order valence-corrected chi connectivity index (χ4v) is 3.37. The fraction of sp³-hybridized carbons (Fsp3) is 0.294. The molecule has 3 rings (SSSR count). The van der Waals surface area contributed by atoms with Crippen LogP contribution in [-0.2, 0) is 22.6 Å². The van der Waals surface area contributed by atoms with Crippen LogP contribution in [0.1, 0.15) is 28.9 Å². The average molecular weight is 346 g/mol. The van der Waals surface area contributed by atoms with Gasteiger partial charge in [0.1, 0.15) is 28.6 Å². The van der Waals surface area contributed by atoms with Gasteiger partial charge in [-0.15, -0.1) is 11.3 Å². The van der Waals surface area contributed by atoms with Crippen molar-refractivity contribution in [1.29, 1.82) is 0 Å². The lowest BCUT2D eigenvalue weighted by Gasteiger charge is -2.09. The molecule has 7 heteroatoms. The standard InChI is InChI=1S/C17H18N2O4S/c1-3-22-17(21)14-8-12-6-7-24-16(12)19(14)10-15(20)18-9-13-5-4-11(2)23-13/h4-8H,3,9-10H2,1-2H3,(H,18,20). The predicted molar refractivity (Wildman–Crippen MR) is 91.1 cm³/mol. The molecule has 3 heterocycles. The Labute approximate surface area is 143 Å². The Morgan fingerprint density at radius 1 is 1.33 bits per heavy atom. The molecule has 6 nitrogen and oxygen atoms in total. The van der Waals surface area contributed by atoms with Crippen LogP contribution in [0, 0.1) is 6.92 Å². The first-order valence-corrected chi connectivity index (χ1v) is 8.52. The minimum Gasteiger partial charge on any atom is -0.465 e. The Kier molecular flexibility index (Phi) is 4.71. The third kappa shape index (κ3) is 3.35. The smallest absolute Gasteiger partial charge is 0.355 e. The van der Waals surface area contributed by atoms with E-state index in [2.05, 4.69) is 5.32 Å². The summed E-state index contributed by atoms with van der Waals surface area (Å²) in [6.45, 7) is 4.27. The van der Waals surface area contributed by atoms with Crippen LogP contribution >= 0.6 is 11.3 Å². The molecule has 0 radical (unpaired) electrons. The van der Waals surface area contributed by atoms with Gasteiger partial charge in [0.25, 0.3) is 0 Å². The molecular weight excluding hydrogens is 328 g/mol. The Bertz CT molecular complexity index is 874. The predicted octanol–water partition coefficient (Wildman–Crippen LogP) is 3.10. The molecule has 0 unspecified atom stereocenters. The number of aromatic nitrogens is 1. The van der Waals surface area contributed by atoms with Crippen LogP contribution in [0.25, 0.3) is 10.2 Å². The van der Waals surface area contributed by atoms with Gasteiger partial charge in [-0.3, -0.25) is 4.79 Å². The van der Waals surface area contributed by atoms with E-state index in [4.69, 9.17) is 9.15 Å². The molecular formula is C17H18N2O4S. The molecule has 0 saturated heterocycles. The zero-order valence-corrected chi connectivity index (χ0v) is 14.3. The number of carbonyl (C=O) groups is 2. The van der Waals surface area contributed by atoms with Crippen molar-refractivity contribution >= 4 is 33.4 Å². The number of rotatable bonds is 6. The molecule has 0 saturated carbocycles. The summed E-state index contributed by atoms with van der Waals surface area (Å²) in [6, 6.07) is 7.35. The van der Waals surface area contributed by atoms with Gasteiger partial charge in [-0.05, 0) is 43.5 Å². The number of aryl methyl sites for hydroxylation is 1. The molecule has 0 aliphatic rings. The number of amides is 1. The summed E-state index contributed by atoms with van der Waals surface area (Å²) >= 11 is 1.49. The summed E-state index contributed by atoms with van der Waals surface area (Å²) in [6.07, 6.45) is 0. The maximum atomic E-state index is 12.3. The van der Waals surface area contributed by atoms with Crippen LogP contribution in [0.4, 0.5) is 0 Å². The second-order valence-corrected chi connectivity index (χ2v) is 6.20. The minimum absolute atomic E-state index is 0.0534. The van der Waals surface area contributed by atoms with Crippen LogP contribution < -0.4 is 5.32 Å². The van der Waals surface area contributed by atoms with Gasteiger partial charge in [0.15, 0.2) is 0 Å². The van der Waals surface area contributed by atoms with Crippen LogP contribution in [0.5, 0.6) is 0 Å². The van der Waals surface area contributed by atoms with E-state index in [1.54, 1.807) is 17.6 Å². The number of fused-ring (bicyclic) bond motifs is 1. The molecule has 0 bridgehead atoms. The van der Waals surface area contributed by atoms with Crippen LogP contribution in [-0.4, -0.2) is 23.1 Å². The lowest BCUT2D eigenvalue weighted by Crippen LogP contribution is -2.28. The van der Waals surface area contributed by atoms with Crippen molar-refractivity contribution in [1.82, 2.24) is 9.88 Å². The van der Waals surface area contributed by atoms with Gasteiger partial charge in [0, 0.05) is 5.39 Å². The highest BCUT2D eigenvalue weighted by molar-refractivity contribution is 7.16. The van der Waals surface area contributed by atoms with E-state index < -0.39 is 5.97 Å². The normalized spacial score (nSPS) is 10.9. The summed E-state index contributed by atoms with van der Waals surface area (Å²) < 4.78 is 12.2. The highest BCUT2D eigenvalue weighted by atomic mass is 32.1. The number of nitrogens with zero attached hydrogens (tertiary/aromatic N) is 1. The number of carbonyl (C=O) groups excluding carboxylic acids is 2. The van der Waals surface area contributed by atoms with Crippen molar-refractivity contribution < 1.29 is 18.7 Å². The topological polar surface area (TPSA) is 73.5 Å². The maximum absolute atomic E-state index is 12.3. The maximum Gasteiger partial charge on any atom is 0.355 e. The van der Waals surface area contributed by atoms with Crippen LogP contribution in [0.3, 0.4) is 0 Å². The van der Waals surface area contributed by atoms with Gasteiger partial charge in [-0.2, -0.15) is 0 Å². The molecule has 3 aromatic heterocycles. The quantitative estimate of drug-likeness (QED) is 0.696. The molecule has 0 aliphatic heterocycles. The molecule has 0 spiro atoms. The van der Waals surface area contributed by atoms with Gasteiger partial charge < -0.3 is 19.0 Å². The van der Waals surface area contributed by atoms with Crippen molar-refractivity contribution in [2.45, 2.75) is 26.9 Å². The summed E-state index contributed by atoms with van der Waals surface area (Å²) in [4.78, 5) is 25.3. The molecule has 24 heavy (non-hydrogen) atoms. The molecule has 126 valence electrons. The van der Waals surface area contributed by atoms with E-state index in [9.17, 15) is 9.59 Å². The van der Waals surface area contributed by atoms with Crippen LogP contribution in [0.2, 0.25) is 0 Å². The van der Waals surface area contributed by atoms with Gasteiger partial charge >= 0.3 is 5.97 Å². The summed E-state index contributed by atoms with van der Waals surface area (Å²) in [5, 5.41) is 5.66. The Hall–Kier alpha value is -2.54. The molecule has 0 aromatic carbocycles. The van der Waals surface area contributed by atoms with Gasteiger partial charge in [0.2, 0.25) is 5.91 Å². The second-order valence-electron chi connectivity index (χ2n) is 5.31. The Morgan fingerprint density at radius 2 is 2.17 bits per heavy atom. The SMILES string of the molecule is CCOC(=O)c1cc2ccsc2n1CC(=O)NCc1ccc(C)o1.